The number of thioether (sulfide) groups is 1. The Labute approximate surface area is 214 Å². The topological polar surface area (TPSA) is 55.8 Å². The first-order chi connectivity index (χ1) is 16.9. The lowest BCUT2D eigenvalue weighted by atomic mass is 9.80. The molecule has 0 fully saturated rings. The number of nitrogens with zero attached hydrogens (tertiary/aromatic N) is 1. The first-order valence-corrected chi connectivity index (χ1v) is 13.2. The number of rotatable bonds is 7. The van der Waals surface area contributed by atoms with Gasteiger partial charge in [0.15, 0.2) is 0 Å². The quantitative estimate of drug-likeness (QED) is 0.361. The highest BCUT2D eigenvalue weighted by Crippen LogP contribution is 2.48. The van der Waals surface area contributed by atoms with Gasteiger partial charge in [-0.05, 0) is 62.8 Å². The van der Waals surface area contributed by atoms with Crippen molar-refractivity contribution in [1.82, 2.24) is 0 Å². The molecule has 196 valence electrons. The molecule has 0 aliphatic carbocycles. The van der Waals surface area contributed by atoms with Gasteiger partial charge in [-0.2, -0.15) is 24.9 Å². The lowest BCUT2D eigenvalue weighted by molar-refractivity contribution is -0.143. The van der Waals surface area contributed by atoms with E-state index in [1.54, 1.807) is 44.4 Å². The molecule has 2 atom stereocenters. The number of amides is 1. The summed E-state index contributed by atoms with van der Waals surface area (Å²) in [7, 11) is 0. The molecule has 2 aromatic rings. The van der Waals surface area contributed by atoms with Crippen molar-refractivity contribution in [2.45, 2.75) is 63.5 Å². The predicted octanol–water partition coefficient (Wildman–Crippen LogP) is 7.14. The van der Waals surface area contributed by atoms with E-state index in [0.717, 1.165) is 28.9 Å². The number of benzene rings is 2. The molecule has 1 aliphatic heterocycles. The molecule has 5 nitrogen and oxygen atoms in total. The van der Waals surface area contributed by atoms with Crippen molar-refractivity contribution >= 4 is 29.5 Å². The summed E-state index contributed by atoms with van der Waals surface area (Å²) in [5, 5.41) is 0. The number of fused-ring (bicyclic) bond motifs is 1. The normalized spacial score (nSPS) is 16.4. The van der Waals surface area contributed by atoms with Crippen LogP contribution in [0.3, 0.4) is 0 Å². The minimum Gasteiger partial charge on any atom is -0.466 e. The Balaban J connectivity index is 2.09. The molecule has 3 rings (SSSR count). The van der Waals surface area contributed by atoms with Gasteiger partial charge in [0.25, 0.3) is 0 Å². The van der Waals surface area contributed by atoms with Crippen molar-refractivity contribution < 1.29 is 32.2 Å². The van der Waals surface area contributed by atoms with Crippen molar-refractivity contribution in [3.63, 3.8) is 0 Å². The maximum absolute atomic E-state index is 13.2. The number of hydrogen-bond donors (Lipinski definition) is 0. The molecule has 36 heavy (non-hydrogen) atoms. The predicted molar refractivity (Wildman–Crippen MR) is 135 cm³/mol. The molecule has 0 radical (unpaired) electrons. The number of alkyl halides is 3. The fraction of sp³-hybridized carbons (Fsp3) is 0.481. The summed E-state index contributed by atoms with van der Waals surface area (Å²) in [6, 6.07) is 10.6. The summed E-state index contributed by atoms with van der Waals surface area (Å²) in [4.78, 5) is 27.4. The second kappa shape index (κ2) is 11.2. The largest absolute Gasteiger partial charge is 0.466 e. The van der Waals surface area contributed by atoms with Gasteiger partial charge in [-0.15, -0.1) is 0 Å². The van der Waals surface area contributed by atoms with Gasteiger partial charge in [0.1, 0.15) is 5.60 Å². The van der Waals surface area contributed by atoms with E-state index in [4.69, 9.17) is 9.47 Å². The number of para-hydroxylation sites is 1. The minimum absolute atomic E-state index is 0.0295. The molecule has 0 N–H and O–H groups in total. The van der Waals surface area contributed by atoms with Gasteiger partial charge in [-0.3, -0.25) is 9.69 Å². The molecule has 1 aliphatic rings. The van der Waals surface area contributed by atoms with Crippen molar-refractivity contribution in [3.8, 4) is 0 Å². The second-order valence-electron chi connectivity index (χ2n) is 9.72. The van der Waals surface area contributed by atoms with Crippen LogP contribution in [0, 0.1) is 0 Å². The Morgan fingerprint density at radius 3 is 2.33 bits per heavy atom. The SMILES string of the molecule is CCOC(=O)CC(c1ccc(C(F)(F)F)cc1)C1CN(C(=O)OC(C)(C)C)c2c(CSC)cccc21. The summed E-state index contributed by atoms with van der Waals surface area (Å²) in [6.45, 7) is 7.51. The van der Waals surface area contributed by atoms with Gasteiger partial charge < -0.3 is 9.47 Å². The first kappa shape index (κ1) is 27.9. The summed E-state index contributed by atoms with van der Waals surface area (Å²) in [5.74, 6) is -0.615. The van der Waals surface area contributed by atoms with E-state index >= 15 is 0 Å². The second-order valence-corrected chi connectivity index (χ2v) is 10.6. The van der Waals surface area contributed by atoms with Crippen LogP contribution in [0.5, 0.6) is 0 Å². The first-order valence-electron chi connectivity index (χ1n) is 11.8. The van der Waals surface area contributed by atoms with Crippen LogP contribution in [0.25, 0.3) is 0 Å². The van der Waals surface area contributed by atoms with E-state index in [2.05, 4.69) is 0 Å². The molecule has 9 heteroatoms. The summed E-state index contributed by atoms with van der Waals surface area (Å²) < 4.78 is 50.4. The molecular weight excluding hydrogens is 491 g/mol. The van der Waals surface area contributed by atoms with E-state index in [-0.39, 0.29) is 25.5 Å². The van der Waals surface area contributed by atoms with Gasteiger partial charge in [0.2, 0.25) is 0 Å². The maximum Gasteiger partial charge on any atom is 0.416 e. The molecule has 0 bridgehead atoms. The van der Waals surface area contributed by atoms with Crippen LogP contribution in [-0.4, -0.2) is 37.1 Å². The Morgan fingerprint density at radius 1 is 1.11 bits per heavy atom. The highest BCUT2D eigenvalue weighted by atomic mass is 32.2. The van der Waals surface area contributed by atoms with Crippen LogP contribution in [0.15, 0.2) is 42.5 Å². The molecule has 2 aromatic carbocycles. The Morgan fingerprint density at radius 2 is 1.78 bits per heavy atom. The lowest BCUT2D eigenvalue weighted by Gasteiger charge is -2.27. The van der Waals surface area contributed by atoms with E-state index in [0.29, 0.717) is 11.3 Å². The Hall–Kier alpha value is -2.68. The lowest BCUT2D eigenvalue weighted by Crippen LogP contribution is -2.37. The third kappa shape index (κ3) is 6.55. The van der Waals surface area contributed by atoms with Crippen molar-refractivity contribution in [2.75, 3.05) is 24.3 Å². The van der Waals surface area contributed by atoms with Crippen LogP contribution < -0.4 is 4.90 Å². The molecular formula is C27H32F3NO4S. The number of anilines is 1. The average Bonchev–Trinajstić information content (AvgIpc) is 3.17. The van der Waals surface area contributed by atoms with Gasteiger partial charge >= 0.3 is 18.2 Å². The average molecular weight is 524 g/mol. The van der Waals surface area contributed by atoms with Crippen LogP contribution in [-0.2, 0) is 26.2 Å². The number of esters is 1. The Kier molecular flexibility index (Phi) is 8.64. The van der Waals surface area contributed by atoms with Crippen LogP contribution in [0.2, 0.25) is 0 Å². The summed E-state index contributed by atoms with van der Waals surface area (Å²) in [6.07, 6.45) is -3.02. The summed E-state index contributed by atoms with van der Waals surface area (Å²) in [5.41, 5.74) is 1.67. The smallest absolute Gasteiger partial charge is 0.416 e. The number of carbonyl (C=O) groups excluding carboxylic acids is 2. The van der Waals surface area contributed by atoms with E-state index < -0.39 is 35.3 Å². The van der Waals surface area contributed by atoms with Crippen LogP contribution >= 0.6 is 11.8 Å². The fourth-order valence-electron chi connectivity index (χ4n) is 4.54. The van der Waals surface area contributed by atoms with Gasteiger partial charge in [0, 0.05) is 24.1 Å². The zero-order valence-corrected chi connectivity index (χ0v) is 22.0. The molecule has 1 heterocycles. The number of hydrogen-bond acceptors (Lipinski definition) is 5. The monoisotopic (exact) mass is 523 g/mol. The summed E-state index contributed by atoms with van der Waals surface area (Å²) >= 11 is 1.62. The zero-order chi connectivity index (χ0) is 26.7. The van der Waals surface area contributed by atoms with Gasteiger partial charge in [-0.1, -0.05) is 30.3 Å². The molecule has 0 aromatic heterocycles. The van der Waals surface area contributed by atoms with Crippen molar-refractivity contribution in [2.24, 2.45) is 0 Å². The molecule has 0 saturated carbocycles. The molecule has 1 amide bonds. The molecule has 2 unspecified atom stereocenters. The van der Waals surface area contributed by atoms with E-state index in [9.17, 15) is 22.8 Å². The van der Waals surface area contributed by atoms with E-state index in [1.807, 2.05) is 24.5 Å². The number of ether oxygens (including phenoxy) is 2. The number of halogens is 3. The zero-order valence-electron chi connectivity index (χ0n) is 21.1. The van der Waals surface area contributed by atoms with Crippen molar-refractivity contribution in [1.29, 1.82) is 0 Å². The fourth-order valence-corrected chi connectivity index (χ4v) is 5.08. The highest BCUT2D eigenvalue weighted by molar-refractivity contribution is 7.97. The standard InChI is InChI=1S/C27H32F3NO4S/c1-6-34-23(32)14-21(17-10-12-19(13-11-17)27(28,29)30)22-15-31(25(33)35-26(2,3)4)24-18(16-36-5)8-7-9-20(22)24/h7-13,21-22H,6,14-16H2,1-5H3. The molecule has 0 spiro atoms. The number of carbonyl (C=O) groups is 2. The highest BCUT2D eigenvalue weighted by Gasteiger charge is 2.41. The van der Waals surface area contributed by atoms with Crippen LogP contribution in [0.4, 0.5) is 23.7 Å². The Bertz CT molecular complexity index is 1080. The maximum atomic E-state index is 13.2. The minimum atomic E-state index is -4.46. The third-order valence-electron chi connectivity index (χ3n) is 5.96. The molecule has 0 saturated heterocycles. The third-order valence-corrected chi connectivity index (χ3v) is 6.56. The van der Waals surface area contributed by atoms with E-state index in [1.165, 1.54) is 12.1 Å². The van der Waals surface area contributed by atoms with Crippen molar-refractivity contribution in [3.05, 3.63) is 64.7 Å². The van der Waals surface area contributed by atoms with Gasteiger partial charge in [-0.25, -0.2) is 4.79 Å². The van der Waals surface area contributed by atoms with Crippen LogP contribution in [0.1, 0.15) is 68.2 Å². The van der Waals surface area contributed by atoms with Gasteiger partial charge in [0.05, 0.1) is 24.3 Å².